The average Bonchev–Trinajstić information content (AvgIpc) is 2.64. The molecule has 1 atom stereocenters. The van der Waals surface area contributed by atoms with Crippen LogP contribution in [0.25, 0.3) is 0 Å². The van der Waals surface area contributed by atoms with E-state index in [1.807, 2.05) is 19.0 Å². The van der Waals surface area contributed by atoms with Gasteiger partial charge in [0.25, 0.3) is 0 Å². The molecule has 1 rings (SSSR count). The zero-order chi connectivity index (χ0) is 12.8. The Kier molecular flexibility index (Phi) is 5.77. The number of thioether (sulfide) groups is 1. The third kappa shape index (κ3) is 4.95. The number of aliphatic carboxylic acids is 1. The molecule has 0 aromatic rings. The molecule has 98 valence electrons. The first-order valence-electron chi connectivity index (χ1n) is 5.74. The predicted molar refractivity (Wildman–Crippen MR) is 68.2 cm³/mol. The van der Waals surface area contributed by atoms with E-state index in [2.05, 4.69) is 4.90 Å². The summed E-state index contributed by atoms with van der Waals surface area (Å²) in [6, 6.07) is 0.294. The standard InChI is InChI=1S/C11H20N2O3S/c1-12(2)6-9-4-3-5-13(9)10(14)7-17-8-11(15)16/h9H,3-8H2,1-2H3,(H,15,16). The van der Waals surface area contributed by atoms with Gasteiger partial charge in [-0.1, -0.05) is 0 Å². The molecule has 0 aromatic carbocycles. The van der Waals surface area contributed by atoms with Crippen molar-refractivity contribution in [1.82, 2.24) is 9.80 Å². The first kappa shape index (κ1) is 14.3. The zero-order valence-corrected chi connectivity index (χ0v) is 11.2. The molecule has 17 heavy (non-hydrogen) atoms. The van der Waals surface area contributed by atoms with Crippen LogP contribution in [0.2, 0.25) is 0 Å². The smallest absolute Gasteiger partial charge is 0.313 e. The number of rotatable bonds is 6. The molecule has 1 heterocycles. The van der Waals surface area contributed by atoms with Crippen LogP contribution in [0.4, 0.5) is 0 Å². The summed E-state index contributed by atoms with van der Waals surface area (Å²) in [7, 11) is 4.00. The number of hydrogen-bond acceptors (Lipinski definition) is 4. The van der Waals surface area contributed by atoms with E-state index in [-0.39, 0.29) is 17.4 Å². The maximum Gasteiger partial charge on any atom is 0.313 e. The highest BCUT2D eigenvalue weighted by Crippen LogP contribution is 2.19. The molecule has 0 radical (unpaired) electrons. The van der Waals surface area contributed by atoms with Gasteiger partial charge in [-0.2, -0.15) is 0 Å². The number of amides is 1. The summed E-state index contributed by atoms with van der Waals surface area (Å²) >= 11 is 1.17. The van der Waals surface area contributed by atoms with Gasteiger partial charge in [0.1, 0.15) is 0 Å². The molecule has 1 saturated heterocycles. The third-order valence-corrected chi connectivity index (χ3v) is 3.63. The Morgan fingerprint density at radius 3 is 2.71 bits per heavy atom. The van der Waals surface area contributed by atoms with Gasteiger partial charge in [0.15, 0.2) is 0 Å². The molecular formula is C11H20N2O3S. The molecule has 0 aliphatic carbocycles. The van der Waals surface area contributed by atoms with Crippen LogP contribution in [-0.2, 0) is 9.59 Å². The lowest BCUT2D eigenvalue weighted by Gasteiger charge is -2.27. The van der Waals surface area contributed by atoms with E-state index < -0.39 is 5.97 Å². The van der Waals surface area contributed by atoms with Crippen LogP contribution in [0, 0.1) is 0 Å². The van der Waals surface area contributed by atoms with Gasteiger partial charge in [-0.3, -0.25) is 9.59 Å². The summed E-state index contributed by atoms with van der Waals surface area (Å²) in [5, 5.41) is 8.51. The normalized spacial score (nSPS) is 19.9. The van der Waals surface area contributed by atoms with E-state index in [0.717, 1.165) is 25.9 Å². The van der Waals surface area contributed by atoms with Crippen molar-refractivity contribution < 1.29 is 14.7 Å². The fourth-order valence-corrected chi connectivity index (χ4v) is 2.70. The highest BCUT2D eigenvalue weighted by Gasteiger charge is 2.28. The SMILES string of the molecule is CN(C)CC1CCCN1C(=O)CSCC(=O)O. The molecule has 5 nitrogen and oxygen atoms in total. The lowest BCUT2D eigenvalue weighted by Crippen LogP contribution is -2.42. The second-order valence-electron chi connectivity index (χ2n) is 4.53. The summed E-state index contributed by atoms with van der Waals surface area (Å²) in [6.07, 6.45) is 2.10. The number of likely N-dealkylation sites (N-methyl/N-ethyl adjacent to an activating group) is 1. The molecule has 0 bridgehead atoms. The Hall–Kier alpha value is -0.750. The average molecular weight is 260 g/mol. The fourth-order valence-electron chi connectivity index (χ4n) is 2.08. The Bertz CT molecular complexity index is 284. The highest BCUT2D eigenvalue weighted by molar-refractivity contribution is 8.00. The fraction of sp³-hybridized carbons (Fsp3) is 0.818. The summed E-state index contributed by atoms with van der Waals surface area (Å²) in [6.45, 7) is 1.69. The number of nitrogens with zero attached hydrogens (tertiary/aromatic N) is 2. The van der Waals surface area contributed by atoms with Crippen LogP contribution in [-0.4, -0.2) is 71.5 Å². The van der Waals surface area contributed by atoms with E-state index in [1.54, 1.807) is 0 Å². The van der Waals surface area contributed by atoms with Crippen LogP contribution in [0.5, 0.6) is 0 Å². The van der Waals surface area contributed by atoms with Gasteiger partial charge in [-0.15, -0.1) is 11.8 Å². The van der Waals surface area contributed by atoms with E-state index in [4.69, 9.17) is 5.11 Å². The molecule has 0 aromatic heterocycles. The van der Waals surface area contributed by atoms with Crippen LogP contribution in [0.1, 0.15) is 12.8 Å². The number of likely N-dealkylation sites (tertiary alicyclic amines) is 1. The van der Waals surface area contributed by atoms with Gasteiger partial charge in [0, 0.05) is 19.1 Å². The highest BCUT2D eigenvalue weighted by atomic mass is 32.2. The zero-order valence-electron chi connectivity index (χ0n) is 10.4. The number of hydrogen-bond donors (Lipinski definition) is 1. The van der Waals surface area contributed by atoms with Crippen LogP contribution >= 0.6 is 11.8 Å². The Balaban J connectivity index is 2.36. The predicted octanol–water partition coefficient (Wildman–Crippen LogP) is 0.357. The third-order valence-electron chi connectivity index (χ3n) is 2.72. The first-order valence-corrected chi connectivity index (χ1v) is 6.90. The van der Waals surface area contributed by atoms with Crippen LogP contribution in [0.15, 0.2) is 0 Å². The number of carboxylic acid groups (broad SMARTS) is 1. The maximum absolute atomic E-state index is 11.9. The Morgan fingerprint density at radius 2 is 2.12 bits per heavy atom. The molecule has 0 spiro atoms. The number of carboxylic acids is 1. The lowest BCUT2D eigenvalue weighted by atomic mass is 10.2. The summed E-state index contributed by atoms with van der Waals surface area (Å²) in [5.74, 6) is -0.525. The largest absolute Gasteiger partial charge is 0.481 e. The van der Waals surface area contributed by atoms with Gasteiger partial charge in [-0.05, 0) is 26.9 Å². The summed E-state index contributed by atoms with van der Waals surface area (Å²) in [4.78, 5) is 26.3. The van der Waals surface area contributed by atoms with E-state index in [9.17, 15) is 9.59 Å². The first-order chi connectivity index (χ1) is 8.00. The molecular weight excluding hydrogens is 240 g/mol. The van der Waals surface area contributed by atoms with Crippen molar-refractivity contribution in [3.8, 4) is 0 Å². The molecule has 1 aliphatic rings. The van der Waals surface area contributed by atoms with Crippen molar-refractivity contribution in [3.05, 3.63) is 0 Å². The van der Waals surface area contributed by atoms with Gasteiger partial charge in [0.2, 0.25) is 5.91 Å². The van der Waals surface area contributed by atoms with E-state index >= 15 is 0 Å². The lowest BCUT2D eigenvalue weighted by molar-refractivity contribution is -0.133. The number of carbonyl (C=O) groups excluding carboxylic acids is 1. The number of carbonyl (C=O) groups is 2. The molecule has 1 aliphatic heterocycles. The molecule has 1 fully saturated rings. The van der Waals surface area contributed by atoms with Gasteiger partial charge in [0.05, 0.1) is 11.5 Å². The minimum atomic E-state index is -0.867. The monoisotopic (exact) mass is 260 g/mol. The van der Waals surface area contributed by atoms with E-state index in [0.29, 0.717) is 6.04 Å². The second kappa shape index (κ2) is 6.86. The molecule has 1 amide bonds. The summed E-state index contributed by atoms with van der Waals surface area (Å²) in [5.41, 5.74) is 0. The van der Waals surface area contributed by atoms with Crippen molar-refractivity contribution in [2.75, 3.05) is 38.7 Å². The molecule has 6 heteroatoms. The quantitative estimate of drug-likeness (QED) is 0.747. The molecule has 0 saturated carbocycles. The van der Waals surface area contributed by atoms with Crippen molar-refractivity contribution in [3.63, 3.8) is 0 Å². The van der Waals surface area contributed by atoms with E-state index in [1.165, 1.54) is 11.8 Å². The topological polar surface area (TPSA) is 60.9 Å². The van der Waals surface area contributed by atoms with Crippen LogP contribution < -0.4 is 0 Å². The van der Waals surface area contributed by atoms with Crippen molar-refractivity contribution in [1.29, 1.82) is 0 Å². The van der Waals surface area contributed by atoms with Gasteiger partial charge < -0.3 is 14.9 Å². The Morgan fingerprint density at radius 1 is 1.41 bits per heavy atom. The van der Waals surface area contributed by atoms with Gasteiger partial charge >= 0.3 is 5.97 Å². The minimum absolute atomic E-state index is 0.00206. The molecule has 1 unspecified atom stereocenters. The molecule has 1 N–H and O–H groups in total. The van der Waals surface area contributed by atoms with Crippen LogP contribution in [0.3, 0.4) is 0 Å². The van der Waals surface area contributed by atoms with Crippen molar-refractivity contribution in [2.24, 2.45) is 0 Å². The maximum atomic E-state index is 11.9. The Labute approximate surface area is 106 Å². The van der Waals surface area contributed by atoms with Crippen molar-refractivity contribution in [2.45, 2.75) is 18.9 Å². The van der Waals surface area contributed by atoms with Gasteiger partial charge in [-0.25, -0.2) is 0 Å². The minimum Gasteiger partial charge on any atom is -0.481 e. The van der Waals surface area contributed by atoms with Crippen molar-refractivity contribution >= 4 is 23.6 Å². The summed E-state index contributed by atoms with van der Waals surface area (Å²) < 4.78 is 0. The second-order valence-corrected chi connectivity index (χ2v) is 5.52.